The second-order valence-corrected chi connectivity index (χ2v) is 5.07. The largest absolute Gasteiger partial charge is 0.573 e. The first kappa shape index (κ1) is 18.6. The fourth-order valence-corrected chi connectivity index (χ4v) is 2.14. The van der Waals surface area contributed by atoms with Crippen LogP contribution in [0, 0.1) is 0 Å². The molecule has 0 unspecified atom stereocenters. The quantitative estimate of drug-likeness (QED) is 0.614. The lowest BCUT2D eigenvalue weighted by molar-refractivity contribution is -0.274. The zero-order valence-electron chi connectivity index (χ0n) is 13.5. The fraction of sp³-hybridized carbons (Fsp3) is 0.235. The Bertz CT molecular complexity index is 733. The molecule has 0 fully saturated rings. The van der Waals surface area contributed by atoms with Crippen LogP contribution in [0.5, 0.6) is 5.75 Å². The number of nitrogens with two attached hydrogens (primary N) is 1. The molecule has 0 atom stereocenters. The SMILES string of the molecule is COCc1ccccc1CN=C(N)Nc1ccccc1OC(F)(F)F. The predicted octanol–water partition coefficient (Wildman–Crippen LogP) is 3.66. The number of hydrogen-bond donors (Lipinski definition) is 2. The van der Waals surface area contributed by atoms with Crippen molar-refractivity contribution in [3.63, 3.8) is 0 Å². The maximum atomic E-state index is 12.4. The van der Waals surface area contributed by atoms with E-state index < -0.39 is 6.36 Å². The van der Waals surface area contributed by atoms with Crippen LogP contribution in [-0.2, 0) is 17.9 Å². The van der Waals surface area contributed by atoms with Crippen LogP contribution in [0.15, 0.2) is 53.5 Å². The van der Waals surface area contributed by atoms with Crippen molar-refractivity contribution in [2.45, 2.75) is 19.5 Å². The first-order valence-corrected chi connectivity index (χ1v) is 7.36. The Morgan fingerprint density at radius 1 is 1.08 bits per heavy atom. The van der Waals surface area contributed by atoms with Crippen LogP contribution in [0.1, 0.15) is 11.1 Å². The molecule has 0 amide bonds. The van der Waals surface area contributed by atoms with E-state index in [2.05, 4.69) is 15.0 Å². The van der Waals surface area contributed by atoms with Crippen molar-refractivity contribution in [1.29, 1.82) is 0 Å². The number of halogens is 3. The number of rotatable bonds is 6. The molecule has 0 saturated heterocycles. The molecule has 0 spiro atoms. The van der Waals surface area contributed by atoms with Gasteiger partial charge in [-0.25, -0.2) is 4.99 Å². The van der Waals surface area contributed by atoms with Crippen molar-refractivity contribution in [1.82, 2.24) is 0 Å². The van der Waals surface area contributed by atoms with Crippen molar-refractivity contribution >= 4 is 11.6 Å². The second kappa shape index (κ2) is 8.39. The first-order valence-electron chi connectivity index (χ1n) is 7.36. The number of methoxy groups -OCH3 is 1. The third kappa shape index (κ3) is 6.00. The molecule has 25 heavy (non-hydrogen) atoms. The van der Waals surface area contributed by atoms with Gasteiger partial charge in [-0.1, -0.05) is 36.4 Å². The van der Waals surface area contributed by atoms with Crippen LogP contribution in [-0.4, -0.2) is 19.4 Å². The average Bonchev–Trinajstić information content (AvgIpc) is 2.55. The standard InChI is InChI=1S/C17H18F3N3O2/c1-24-11-13-7-3-2-6-12(13)10-22-16(21)23-14-8-4-5-9-15(14)25-17(18,19)20/h2-9H,10-11H2,1H3,(H3,21,22,23). The van der Waals surface area contributed by atoms with Gasteiger partial charge in [0.2, 0.25) is 0 Å². The lowest BCUT2D eigenvalue weighted by atomic mass is 10.1. The number of hydrogen-bond acceptors (Lipinski definition) is 3. The molecule has 0 aliphatic carbocycles. The summed E-state index contributed by atoms with van der Waals surface area (Å²) in [6.45, 7) is 0.696. The zero-order valence-corrected chi connectivity index (χ0v) is 13.5. The van der Waals surface area contributed by atoms with Crippen LogP contribution in [0.4, 0.5) is 18.9 Å². The molecule has 3 N–H and O–H groups in total. The number of nitrogens with zero attached hydrogens (tertiary/aromatic N) is 1. The van der Waals surface area contributed by atoms with Gasteiger partial charge in [0.05, 0.1) is 18.8 Å². The van der Waals surface area contributed by atoms with Crippen LogP contribution in [0.2, 0.25) is 0 Å². The monoisotopic (exact) mass is 353 g/mol. The van der Waals surface area contributed by atoms with E-state index in [4.69, 9.17) is 10.5 Å². The number of para-hydroxylation sites is 2. The van der Waals surface area contributed by atoms with Gasteiger partial charge < -0.3 is 20.5 Å². The summed E-state index contributed by atoms with van der Waals surface area (Å²) in [5.41, 5.74) is 7.73. The summed E-state index contributed by atoms with van der Waals surface area (Å²) >= 11 is 0. The predicted molar refractivity (Wildman–Crippen MR) is 89.2 cm³/mol. The molecule has 0 aliphatic heterocycles. The van der Waals surface area contributed by atoms with Crippen LogP contribution in [0.25, 0.3) is 0 Å². The Morgan fingerprint density at radius 2 is 1.72 bits per heavy atom. The summed E-state index contributed by atoms with van der Waals surface area (Å²) in [5, 5.41) is 2.63. The molecule has 0 radical (unpaired) electrons. The minimum atomic E-state index is -4.79. The van der Waals surface area contributed by atoms with Gasteiger partial charge in [-0.2, -0.15) is 0 Å². The third-order valence-electron chi connectivity index (χ3n) is 3.21. The van der Waals surface area contributed by atoms with Crippen molar-refractivity contribution in [2.75, 3.05) is 12.4 Å². The Labute approximate surface area is 143 Å². The summed E-state index contributed by atoms with van der Waals surface area (Å²) in [6, 6.07) is 13.1. The molecule has 0 aromatic heterocycles. The van der Waals surface area contributed by atoms with E-state index in [-0.39, 0.29) is 23.9 Å². The molecule has 5 nitrogen and oxygen atoms in total. The highest BCUT2D eigenvalue weighted by atomic mass is 19.4. The van der Waals surface area contributed by atoms with E-state index in [0.717, 1.165) is 11.1 Å². The number of guanidine groups is 1. The Balaban J connectivity index is 2.10. The smallest absolute Gasteiger partial charge is 0.404 e. The molecular weight excluding hydrogens is 335 g/mol. The molecule has 2 aromatic rings. The van der Waals surface area contributed by atoms with Crippen LogP contribution >= 0.6 is 0 Å². The normalized spacial score (nSPS) is 12.1. The average molecular weight is 353 g/mol. The van der Waals surface area contributed by atoms with Gasteiger partial charge in [0.25, 0.3) is 0 Å². The van der Waals surface area contributed by atoms with Crippen molar-refractivity contribution in [2.24, 2.45) is 10.7 Å². The molecule has 0 saturated carbocycles. The topological polar surface area (TPSA) is 68.9 Å². The molecule has 2 aromatic carbocycles. The minimum absolute atomic E-state index is 0.0227. The van der Waals surface area contributed by atoms with E-state index >= 15 is 0 Å². The molecular formula is C17H18F3N3O2. The van der Waals surface area contributed by atoms with Gasteiger partial charge in [-0.3, -0.25) is 0 Å². The summed E-state index contributed by atoms with van der Waals surface area (Å²) in [5.74, 6) is -0.404. The maximum Gasteiger partial charge on any atom is 0.573 e. The molecule has 0 bridgehead atoms. The number of ether oxygens (including phenoxy) is 2. The zero-order chi connectivity index (χ0) is 18.3. The Morgan fingerprint density at radius 3 is 2.40 bits per heavy atom. The van der Waals surface area contributed by atoms with Crippen LogP contribution in [0.3, 0.4) is 0 Å². The first-order chi connectivity index (χ1) is 11.9. The van der Waals surface area contributed by atoms with Crippen molar-refractivity contribution in [3.05, 3.63) is 59.7 Å². The number of benzene rings is 2. The fourth-order valence-electron chi connectivity index (χ4n) is 2.14. The van der Waals surface area contributed by atoms with Crippen molar-refractivity contribution in [3.8, 4) is 5.75 Å². The van der Waals surface area contributed by atoms with Gasteiger partial charge in [-0.05, 0) is 23.3 Å². The Kier molecular flexibility index (Phi) is 6.24. The maximum absolute atomic E-state index is 12.4. The van der Waals surface area contributed by atoms with Gasteiger partial charge >= 0.3 is 6.36 Å². The van der Waals surface area contributed by atoms with E-state index in [1.54, 1.807) is 13.2 Å². The number of alkyl halides is 3. The van der Waals surface area contributed by atoms with Crippen molar-refractivity contribution < 1.29 is 22.6 Å². The third-order valence-corrected chi connectivity index (χ3v) is 3.21. The minimum Gasteiger partial charge on any atom is -0.404 e. The summed E-state index contributed by atoms with van der Waals surface area (Å²) in [4.78, 5) is 4.16. The van der Waals surface area contributed by atoms with Gasteiger partial charge in [0.1, 0.15) is 0 Å². The molecule has 2 rings (SSSR count). The summed E-state index contributed by atoms with van der Waals surface area (Å²) in [6.07, 6.45) is -4.79. The number of aliphatic imine (C=N–C) groups is 1. The van der Waals surface area contributed by atoms with E-state index in [0.29, 0.717) is 6.61 Å². The lowest BCUT2D eigenvalue weighted by Gasteiger charge is -2.14. The molecule has 0 heterocycles. The van der Waals surface area contributed by atoms with Gasteiger partial charge in [0, 0.05) is 7.11 Å². The summed E-state index contributed by atoms with van der Waals surface area (Å²) in [7, 11) is 1.59. The number of anilines is 1. The van der Waals surface area contributed by atoms with E-state index in [1.807, 2.05) is 24.3 Å². The highest BCUT2D eigenvalue weighted by molar-refractivity contribution is 5.93. The van der Waals surface area contributed by atoms with Gasteiger partial charge in [0.15, 0.2) is 11.7 Å². The summed E-state index contributed by atoms with van der Waals surface area (Å²) < 4.78 is 46.3. The van der Waals surface area contributed by atoms with E-state index in [1.165, 1.54) is 18.2 Å². The number of nitrogens with one attached hydrogen (secondary N) is 1. The Hall–Kier alpha value is -2.74. The van der Waals surface area contributed by atoms with Gasteiger partial charge in [-0.15, -0.1) is 13.2 Å². The second-order valence-electron chi connectivity index (χ2n) is 5.07. The lowest BCUT2D eigenvalue weighted by Crippen LogP contribution is -2.24. The molecule has 8 heteroatoms. The molecule has 134 valence electrons. The highest BCUT2D eigenvalue weighted by Gasteiger charge is 2.32. The van der Waals surface area contributed by atoms with E-state index in [9.17, 15) is 13.2 Å². The highest BCUT2D eigenvalue weighted by Crippen LogP contribution is 2.29. The molecule has 0 aliphatic rings. The van der Waals surface area contributed by atoms with Crippen LogP contribution < -0.4 is 15.8 Å².